The molecule has 0 spiro atoms. The quantitative estimate of drug-likeness (QED) is 0.825. The number of hydrogen-bond donors (Lipinski definition) is 2. The average molecular weight is 290 g/mol. The maximum absolute atomic E-state index is 13.7. The van der Waals surface area contributed by atoms with Gasteiger partial charge < -0.3 is 15.8 Å². The third-order valence-electron chi connectivity index (χ3n) is 3.32. The molecule has 1 aliphatic heterocycles. The van der Waals surface area contributed by atoms with Gasteiger partial charge in [0.2, 0.25) is 0 Å². The molecule has 1 aliphatic rings. The van der Waals surface area contributed by atoms with Crippen LogP contribution >= 0.6 is 0 Å². The normalized spacial score (nSPS) is 17.1. The number of amides is 1. The Kier molecular flexibility index (Phi) is 5.73. The van der Waals surface area contributed by atoms with Gasteiger partial charge in [0.15, 0.2) is 0 Å². The van der Waals surface area contributed by atoms with Gasteiger partial charge in [-0.05, 0) is 37.5 Å². The Labute approximate surface area is 123 Å². The largest absolute Gasteiger partial charge is 0.378 e. The number of hydrogen-bond acceptors (Lipinski definition) is 3. The van der Waals surface area contributed by atoms with Crippen molar-refractivity contribution in [3.8, 4) is 11.8 Å². The first kappa shape index (κ1) is 15.5. The van der Waals surface area contributed by atoms with E-state index in [-0.39, 0.29) is 18.2 Å². The summed E-state index contributed by atoms with van der Waals surface area (Å²) in [5.74, 6) is 4.48. The van der Waals surface area contributed by atoms with Crippen LogP contribution < -0.4 is 11.1 Å². The molecule has 1 unspecified atom stereocenters. The first-order valence-electron chi connectivity index (χ1n) is 7.09. The SMILES string of the molecule is NCC#Cc1ccc(F)c(C(=O)NCCC2CCCO2)c1. The molecule has 4 nitrogen and oxygen atoms in total. The van der Waals surface area contributed by atoms with E-state index < -0.39 is 11.7 Å². The van der Waals surface area contributed by atoms with Crippen LogP contribution in [0.4, 0.5) is 4.39 Å². The molecule has 0 saturated carbocycles. The maximum Gasteiger partial charge on any atom is 0.254 e. The van der Waals surface area contributed by atoms with E-state index in [4.69, 9.17) is 10.5 Å². The zero-order valence-electron chi connectivity index (χ0n) is 11.8. The molecule has 1 amide bonds. The third-order valence-corrected chi connectivity index (χ3v) is 3.32. The van der Waals surface area contributed by atoms with Crippen molar-refractivity contribution in [2.45, 2.75) is 25.4 Å². The third kappa shape index (κ3) is 4.55. The van der Waals surface area contributed by atoms with Gasteiger partial charge in [-0.2, -0.15) is 0 Å². The van der Waals surface area contributed by atoms with Crippen LogP contribution in [0.1, 0.15) is 35.2 Å². The molecule has 1 aromatic carbocycles. The molecule has 1 fully saturated rings. The summed E-state index contributed by atoms with van der Waals surface area (Å²) >= 11 is 0. The van der Waals surface area contributed by atoms with E-state index in [1.54, 1.807) is 0 Å². The summed E-state index contributed by atoms with van der Waals surface area (Å²) in [6.07, 6.45) is 3.04. The molecule has 0 aromatic heterocycles. The highest BCUT2D eigenvalue weighted by Crippen LogP contribution is 2.15. The van der Waals surface area contributed by atoms with Crippen molar-refractivity contribution in [3.05, 3.63) is 35.1 Å². The lowest BCUT2D eigenvalue weighted by molar-refractivity contribution is 0.0904. The van der Waals surface area contributed by atoms with E-state index in [0.29, 0.717) is 12.1 Å². The molecule has 112 valence electrons. The van der Waals surface area contributed by atoms with Gasteiger partial charge in [0.1, 0.15) is 5.82 Å². The zero-order valence-corrected chi connectivity index (χ0v) is 11.8. The second-order valence-corrected chi connectivity index (χ2v) is 4.88. The van der Waals surface area contributed by atoms with Gasteiger partial charge in [0.25, 0.3) is 5.91 Å². The Bertz CT molecular complexity index is 557. The fourth-order valence-electron chi connectivity index (χ4n) is 2.24. The zero-order chi connectivity index (χ0) is 15.1. The van der Waals surface area contributed by atoms with Gasteiger partial charge in [-0.1, -0.05) is 11.8 Å². The number of ether oxygens (including phenoxy) is 1. The topological polar surface area (TPSA) is 64.4 Å². The first-order valence-corrected chi connectivity index (χ1v) is 7.09. The van der Waals surface area contributed by atoms with Crippen LogP contribution in [0.3, 0.4) is 0 Å². The van der Waals surface area contributed by atoms with Crippen molar-refractivity contribution in [3.63, 3.8) is 0 Å². The summed E-state index contributed by atoms with van der Waals surface area (Å²) in [7, 11) is 0. The number of rotatable bonds is 4. The van der Waals surface area contributed by atoms with Gasteiger partial charge in [-0.15, -0.1) is 0 Å². The van der Waals surface area contributed by atoms with Crippen molar-refractivity contribution >= 4 is 5.91 Å². The summed E-state index contributed by atoms with van der Waals surface area (Å²) in [5.41, 5.74) is 5.87. The Morgan fingerprint density at radius 1 is 1.52 bits per heavy atom. The van der Waals surface area contributed by atoms with Crippen LogP contribution in [0.5, 0.6) is 0 Å². The Hall–Kier alpha value is -1.90. The molecular weight excluding hydrogens is 271 g/mol. The van der Waals surface area contributed by atoms with E-state index >= 15 is 0 Å². The van der Waals surface area contributed by atoms with E-state index in [1.165, 1.54) is 18.2 Å². The van der Waals surface area contributed by atoms with Gasteiger partial charge in [-0.25, -0.2) is 4.39 Å². The van der Waals surface area contributed by atoms with Crippen molar-refractivity contribution in [1.29, 1.82) is 0 Å². The lowest BCUT2D eigenvalue weighted by Gasteiger charge is -2.10. The van der Waals surface area contributed by atoms with Crippen LogP contribution in [0.25, 0.3) is 0 Å². The van der Waals surface area contributed by atoms with Crippen molar-refractivity contribution in [2.75, 3.05) is 19.7 Å². The molecular formula is C16H19FN2O2. The molecule has 1 heterocycles. The minimum absolute atomic E-state index is 0.00571. The highest BCUT2D eigenvalue weighted by atomic mass is 19.1. The van der Waals surface area contributed by atoms with Crippen LogP contribution in [-0.4, -0.2) is 31.7 Å². The lowest BCUT2D eigenvalue weighted by atomic mass is 10.1. The minimum atomic E-state index is -0.553. The predicted molar refractivity (Wildman–Crippen MR) is 78.3 cm³/mol. The molecule has 0 aliphatic carbocycles. The summed E-state index contributed by atoms with van der Waals surface area (Å²) in [6, 6.07) is 4.22. The van der Waals surface area contributed by atoms with Crippen molar-refractivity contribution < 1.29 is 13.9 Å². The highest BCUT2D eigenvalue weighted by Gasteiger charge is 2.16. The molecule has 1 aromatic rings. The number of carbonyl (C=O) groups is 1. The highest BCUT2D eigenvalue weighted by molar-refractivity contribution is 5.94. The molecule has 1 saturated heterocycles. The summed E-state index contributed by atoms with van der Waals surface area (Å²) < 4.78 is 19.2. The van der Waals surface area contributed by atoms with Crippen molar-refractivity contribution in [2.24, 2.45) is 5.73 Å². The Balaban J connectivity index is 1.94. The lowest BCUT2D eigenvalue weighted by Crippen LogP contribution is -2.27. The number of nitrogens with one attached hydrogen (secondary N) is 1. The predicted octanol–water partition coefficient (Wildman–Crippen LogP) is 1.43. The van der Waals surface area contributed by atoms with Gasteiger partial charge in [0, 0.05) is 18.7 Å². The summed E-state index contributed by atoms with van der Waals surface area (Å²) in [6.45, 7) is 1.48. The summed E-state index contributed by atoms with van der Waals surface area (Å²) in [4.78, 5) is 12.0. The van der Waals surface area contributed by atoms with E-state index in [9.17, 15) is 9.18 Å². The minimum Gasteiger partial charge on any atom is -0.378 e. The molecule has 0 bridgehead atoms. The number of halogens is 1. The van der Waals surface area contributed by atoms with Gasteiger partial charge in [0.05, 0.1) is 18.2 Å². The average Bonchev–Trinajstić information content (AvgIpc) is 2.99. The van der Waals surface area contributed by atoms with Crippen LogP contribution in [0, 0.1) is 17.7 Å². The van der Waals surface area contributed by atoms with E-state index in [0.717, 1.165) is 25.9 Å². The fourth-order valence-corrected chi connectivity index (χ4v) is 2.24. The standard InChI is InChI=1S/C16H19FN2O2/c17-15-6-5-12(3-1-8-18)11-14(15)16(20)19-9-7-13-4-2-10-21-13/h5-6,11,13H,2,4,7-10,18H2,(H,19,20). The second kappa shape index (κ2) is 7.77. The van der Waals surface area contributed by atoms with Crippen LogP contribution in [0.2, 0.25) is 0 Å². The number of carbonyl (C=O) groups excluding carboxylic acids is 1. The number of nitrogens with two attached hydrogens (primary N) is 1. The van der Waals surface area contributed by atoms with Crippen LogP contribution in [-0.2, 0) is 4.74 Å². The molecule has 1 atom stereocenters. The van der Waals surface area contributed by atoms with Gasteiger partial charge in [-0.3, -0.25) is 4.79 Å². The molecule has 0 radical (unpaired) electrons. The molecule has 21 heavy (non-hydrogen) atoms. The van der Waals surface area contributed by atoms with E-state index in [1.807, 2.05) is 0 Å². The van der Waals surface area contributed by atoms with Crippen LogP contribution in [0.15, 0.2) is 18.2 Å². The van der Waals surface area contributed by atoms with Crippen molar-refractivity contribution in [1.82, 2.24) is 5.32 Å². The Morgan fingerprint density at radius 3 is 3.10 bits per heavy atom. The second-order valence-electron chi connectivity index (χ2n) is 4.88. The van der Waals surface area contributed by atoms with E-state index in [2.05, 4.69) is 17.2 Å². The Morgan fingerprint density at radius 2 is 2.38 bits per heavy atom. The smallest absolute Gasteiger partial charge is 0.254 e. The monoisotopic (exact) mass is 290 g/mol. The first-order chi connectivity index (χ1) is 10.2. The molecule has 2 rings (SSSR count). The molecule has 5 heteroatoms. The molecule has 3 N–H and O–H groups in total. The fraction of sp³-hybridized carbons (Fsp3) is 0.438. The maximum atomic E-state index is 13.7. The number of benzene rings is 1. The van der Waals surface area contributed by atoms with Gasteiger partial charge >= 0.3 is 0 Å². The summed E-state index contributed by atoms with van der Waals surface area (Å²) in [5, 5.41) is 2.72.